The van der Waals surface area contributed by atoms with E-state index in [1.54, 1.807) is 17.0 Å². The SMILES string of the molecule is Br.O=[N+]([O-])c1ccc(/C(C[n+]2ccccc2)=N/Nc2ccc([N+](=O)[O-])cc2[N+](=O)[O-])cc1. The Morgan fingerprint density at radius 3 is 2.00 bits per heavy atom. The van der Waals surface area contributed by atoms with E-state index in [1.165, 1.54) is 30.3 Å². The van der Waals surface area contributed by atoms with Gasteiger partial charge in [0.25, 0.3) is 11.4 Å². The molecule has 1 heterocycles. The number of rotatable bonds is 8. The minimum Gasteiger partial charge on any atom is -0.271 e. The molecule has 0 amide bonds. The van der Waals surface area contributed by atoms with Gasteiger partial charge in [-0.05, 0) is 18.2 Å². The number of halogens is 1. The Kier molecular flexibility index (Phi) is 8.01. The highest BCUT2D eigenvalue weighted by Crippen LogP contribution is 2.29. The standard InChI is InChI=1S/C19H15N6O6.BrH/c26-23(27)15-6-4-14(5-7-15)18(13-22-10-2-1-3-11-22)21-20-17-9-8-16(24(28)29)12-19(17)25(30)31;/h1-12,20H,13H2;1H/q+1;/b21-18+;. The van der Waals surface area contributed by atoms with Crippen molar-refractivity contribution in [1.82, 2.24) is 0 Å². The Hall–Kier alpha value is -4.26. The Morgan fingerprint density at radius 1 is 0.844 bits per heavy atom. The van der Waals surface area contributed by atoms with Crippen LogP contribution in [0.3, 0.4) is 0 Å². The topological polar surface area (TPSA) is 158 Å². The summed E-state index contributed by atoms with van der Waals surface area (Å²) in [4.78, 5) is 31.1. The number of pyridine rings is 1. The van der Waals surface area contributed by atoms with Crippen molar-refractivity contribution in [3.05, 3.63) is 109 Å². The fourth-order valence-electron chi connectivity index (χ4n) is 2.69. The lowest BCUT2D eigenvalue weighted by atomic mass is 10.1. The summed E-state index contributed by atoms with van der Waals surface area (Å²) in [7, 11) is 0. The summed E-state index contributed by atoms with van der Waals surface area (Å²) in [6, 6.07) is 14.3. The highest BCUT2D eigenvalue weighted by atomic mass is 79.9. The molecule has 1 aromatic heterocycles. The van der Waals surface area contributed by atoms with Crippen molar-refractivity contribution in [3.63, 3.8) is 0 Å². The zero-order valence-electron chi connectivity index (χ0n) is 16.2. The monoisotopic (exact) mass is 503 g/mol. The lowest BCUT2D eigenvalue weighted by molar-refractivity contribution is -0.681. The van der Waals surface area contributed by atoms with E-state index in [1.807, 2.05) is 18.2 Å². The molecule has 2 aromatic carbocycles. The van der Waals surface area contributed by atoms with Crippen LogP contribution in [0, 0.1) is 30.3 Å². The van der Waals surface area contributed by atoms with E-state index in [0.29, 0.717) is 11.3 Å². The summed E-state index contributed by atoms with van der Waals surface area (Å²) in [5, 5.41) is 37.4. The summed E-state index contributed by atoms with van der Waals surface area (Å²) < 4.78 is 1.80. The number of nitro groups is 3. The molecule has 0 aliphatic carbocycles. The van der Waals surface area contributed by atoms with Gasteiger partial charge in [-0.3, -0.25) is 35.8 Å². The fraction of sp³-hybridized carbons (Fsp3) is 0.0526. The highest BCUT2D eigenvalue weighted by Gasteiger charge is 2.20. The van der Waals surface area contributed by atoms with E-state index < -0.39 is 26.1 Å². The van der Waals surface area contributed by atoms with E-state index >= 15 is 0 Å². The number of nitrogens with zero attached hydrogens (tertiary/aromatic N) is 5. The molecule has 0 unspecified atom stereocenters. The molecule has 0 radical (unpaired) electrons. The summed E-state index contributed by atoms with van der Waals surface area (Å²) in [5.41, 5.74) is 2.53. The number of nitrogens with one attached hydrogen (secondary N) is 1. The van der Waals surface area contributed by atoms with Crippen molar-refractivity contribution in [3.8, 4) is 0 Å². The number of non-ortho nitro benzene ring substituents is 2. The number of anilines is 1. The molecule has 0 aliphatic rings. The lowest BCUT2D eigenvalue weighted by Crippen LogP contribution is -2.37. The van der Waals surface area contributed by atoms with Crippen molar-refractivity contribution >= 4 is 45.4 Å². The van der Waals surface area contributed by atoms with Gasteiger partial charge in [-0.2, -0.15) is 9.67 Å². The molecule has 0 fully saturated rings. The van der Waals surface area contributed by atoms with Crippen LogP contribution < -0.4 is 9.99 Å². The van der Waals surface area contributed by atoms with Gasteiger partial charge in [-0.1, -0.05) is 6.07 Å². The molecular formula is C19H16BrN6O6+. The first kappa shape index (κ1) is 24.0. The number of aromatic nitrogens is 1. The summed E-state index contributed by atoms with van der Waals surface area (Å²) >= 11 is 0. The van der Waals surface area contributed by atoms with Gasteiger partial charge in [0.1, 0.15) is 11.4 Å². The van der Waals surface area contributed by atoms with E-state index in [-0.39, 0.29) is 34.9 Å². The van der Waals surface area contributed by atoms with E-state index in [0.717, 1.165) is 12.1 Å². The second kappa shape index (κ2) is 10.7. The molecule has 13 heteroatoms. The van der Waals surface area contributed by atoms with Gasteiger partial charge in [0.15, 0.2) is 18.9 Å². The van der Waals surface area contributed by atoms with Crippen LogP contribution in [-0.2, 0) is 6.54 Å². The van der Waals surface area contributed by atoms with Crippen LogP contribution in [0.15, 0.2) is 78.2 Å². The largest absolute Gasteiger partial charge is 0.301 e. The Balaban J connectivity index is 0.00000363. The van der Waals surface area contributed by atoms with Gasteiger partial charge < -0.3 is 0 Å². The molecule has 0 saturated heterocycles. The molecule has 12 nitrogen and oxygen atoms in total. The molecule has 164 valence electrons. The van der Waals surface area contributed by atoms with Gasteiger partial charge in [-0.25, -0.2) is 0 Å². The average Bonchev–Trinajstić information content (AvgIpc) is 2.77. The molecule has 32 heavy (non-hydrogen) atoms. The van der Waals surface area contributed by atoms with Gasteiger partial charge in [-0.15, -0.1) is 17.0 Å². The van der Waals surface area contributed by atoms with Crippen molar-refractivity contribution in [2.75, 3.05) is 5.43 Å². The zero-order chi connectivity index (χ0) is 22.4. The van der Waals surface area contributed by atoms with Crippen molar-refractivity contribution in [2.45, 2.75) is 6.54 Å². The van der Waals surface area contributed by atoms with E-state index in [4.69, 9.17) is 0 Å². The normalized spacial score (nSPS) is 10.7. The molecule has 0 spiro atoms. The smallest absolute Gasteiger partial charge is 0.271 e. The number of hydrogen-bond acceptors (Lipinski definition) is 8. The fourth-order valence-corrected chi connectivity index (χ4v) is 2.69. The van der Waals surface area contributed by atoms with Crippen molar-refractivity contribution in [1.29, 1.82) is 0 Å². The van der Waals surface area contributed by atoms with Crippen LogP contribution in [0.1, 0.15) is 5.56 Å². The maximum absolute atomic E-state index is 11.3. The molecule has 1 N–H and O–H groups in total. The summed E-state index contributed by atoms with van der Waals surface area (Å²) in [6.45, 7) is 0.256. The summed E-state index contributed by atoms with van der Waals surface area (Å²) in [6.07, 6.45) is 3.57. The third kappa shape index (κ3) is 5.89. The molecule has 0 bridgehead atoms. The van der Waals surface area contributed by atoms with E-state index in [9.17, 15) is 30.3 Å². The quantitative estimate of drug-likeness (QED) is 0.212. The number of hydrazone groups is 1. The van der Waals surface area contributed by atoms with Crippen LogP contribution in [0.25, 0.3) is 0 Å². The molecule has 3 rings (SSSR count). The maximum atomic E-state index is 11.3. The molecule has 0 aliphatic heterocycles. The molecular weight excluding hydrogens is 488 g/mol. The van der Waals surface area contributed by atoms with E-state index in [2.05, 4.69) is 10.5 Å². The Bertz CT molecular complexity index is 1170. The zero-order valence-corrected chi connectivity index (χ0v) is 17.9. The molecule has 3 aromatic rings. The highest BCUT2D eigenvalue weighted by molar-refractivity contribution is 8.93. The minimum atomic E-state index is -0.748. The second-order valence-corrected chi connectivity index (χ2v) is 6.24. The number of hydrogen-bond donors (Lipinski definition) is 1. The van der Waals surface area contributed by atoms with Gasteiger partial charge in [0.05, 0.1) is 20.8 Å². The van der Waals surface area contributed by atoms with Gasteiger partial charge in [0.2, 0.25) is 0 Å². The Labute approximate surface area is 191 Å². The van der Waals surface area contributed by atoms with Crippen molar-refractivity contribution in [2.24, 2.45) is 5.10 Å². The Morgan fingerprint density at radius 2 is 1.44 bits per heavy atom. The molecule has 0 atom stereocenters. The first-order valence-electron chi connectivity index (χ1n) is 8.79. The van der Waals surface area contributed by atoms with Crippen LogP contribution in [0.2, 0.25) is 0 Å². The van der Waals surface area contributed by atoms with Crippen LogP contribution in [-0.4, -0.2) is 20.5 Å². The van der Waals surface area contributed by atoms with Gasteiger partial charge >= 0.3 is 5.69 Å². The number of benzene rings is 2. The predicted molar refractivity (Wildman–Crippen MR) is 120 cm³/mol. The van der Waals surface area contributed by atoms with Crippen molar-refractivity contribution < 1.29 is 19.3 Å². The first-order chi connectivity index (χ1) is 14.8. The van der Waals surface area contributed by atoms with Crippen LogP contribution in [0.5, 0.6) is 0 Å². The first-order valence-corrected chi connectivity index (χ1v) is 8.79. The minimum absolute atomic E-state index is 0. The maximum Gasteiger partial charge on any atom is 0.301 e. The molecule has 0 saturated carbocycles. The third-order valence-corrected chi connectivity index (χ3v) is 4.22. The third-order valence-electron chi connectivity index (χ3n) is 4.22. The van der Waals surface area contributed by atoms with Gasteiger partial charge in [0, 0.05) is 35.9 Å². The van der Waals surface area contributed by atoms with Crippen LogP contribution >= 0.6 is 17.0 Å². The summed E-state index contributed by atoms with van der Waals surface area (Å²) in [5.74, 6) is 0. The van der Waals surface area contributed by atoms with Crippen LogP contribution in [0.4, 0.5) is 22.7 Å². The second-order valence-electron chi connectivity index (χ2n) is 6.24. The average molecular weight is 504 g/mol. The number of nitro benzene ring substituents is 3. The predicted octanol–water partition coefficient (Wildman–Crippen LogP) is 3.79. The lowest BCUT2D eigenvalue weighted by Gasteiger charge is -2.07.